The Morgan fingerprint density at radius 2 is 1.97 bits per heavy atom. The predicted octanol–water partition coefficient (Wildman–Crippen LogP) is 4.74. The van der Waals surface area contributed by atoms with Crippen LogP contribution in [0.1, 0.15) is 23.4 Å². The zero-order valence-electron chi connectivity index (χ0n) is 15.8. The molecule has 6 nitrogen and oxygen atoms in total. The van der Waals surface area contributed by atoms with Gasteiger partial charge in [-0.1, -0.05) is 41.1 Å². The molecule has 30 heavy (non-hydrogen) atoms. The van der Waals surface area contributed by atoms with Crippen LogP contribution in [0.15, 0.2) is 57.7 Å². The van der Waals surface area contributed by atoms with E-state index in [1.807, 2.05) is 18.2 Å². The molecular formula is C22H17ClN2O4S. The molecule has 1 aliphatic rings. The number of fused-ring (bicyclic) bond motifs is 2. The number of benzene rings is 2. The number of carbonyl (C=O) groups excluding carboxylic acids is 1. The molecule has 8 heteroatoms. The summed E-state index contributed by atoms with van der Waals surface area (Å²) in [6.45, 7) is 1.04. The van der Waals surface area contributed by atoms with Gasteiger partial charge in [0.25, 0.3) is 11.1 Å². The molecule has 3 heterocycles. The smallest absolute Gasteiger partial charge is 0.289 e. The lowest BCUT2D eigenvalue weighted by Crippen LogP contribution is -2.42. The zero-order valence-corrected chi connectivity index (χ0v) is 17.4. The first-order valence-corrected chi connectivity index (χ1v) is 10.8. The topological polar surface area (TPSA) is 72.6 Å². The fraction of sp³-hybridized carbons (Fsp3) is 0.227. The van der Waals surface area contributed by atoms with Crippen LogP contribution in [0.4, 0.5) is 0 Å². The molecule has 0 radical (unpaired) electrons. The van der Waals surface area contributed by atoms with Crippen LogP contribution in [0.3, 0.4) is 0 Å². The normalized spacial score (nSPS) is 15.0. The first-order valence-electron chi connectivity index (χ1n) is 9.62. The summed E-state index contributed by atoms with van der Waals surface area (Å²) >= 11 is 7.65. The molecule has 2 aromatic carbocycles. The van der Waals surface area contributed by atoms with Crippen molar-refractivity contribution in [3.63, 3.8) is 0 Å². The molecule has 1 saturated heterocycles. The van der Waals surface area contributed by atoms with E-state index >= 15 is 0 Å². The summed E-state index contributed by atoms with van der Waals surface area (Å²) in [6.07, 6.45) is 1.32. The fourth-order valence-electron chi connectivity index (χ4n) is 3.63. The monoisotopic (exact) mass is 440 g/mol. The summed E-state index contributed by atoms with van der Waals surface area (Å²) in [5.41, 5.74) is 0.951. The Hall–Kier alpha value is -2.90. The SMILES string of the molecule is O=C(c1cc(=O)c2ccccc2o1)N1CCC(Oc2nc3c(Cl)cccc3s2)CC1. The molecule has 1 amide bonds. The second kappa shape index (κ2) is 7.74. The number of carbonyl (C=O) groups is 1. The standard InChI is InChI=1S/C22H17ClN2O4S/c23-15-5-3-7-19-20(15)24-22(30-19)28-13-8-10-25(11-9-13)21(27)18-12-16(26)14-4-1-2-6-17(14)29-18/h1-7,12-13H,8-11H2. The van der Waals surface area contributed by atoms with E-state index in [9.17, 15) is 9.59 Å². The van der Waals surface area contributed by atoms with Gasteiger partial charge in [0.1, 0.15) is 17.2 Å². The molecule has 1 fully saturated rings. The van der Waals surface area contributed by atoms with Gasteiger partial charge in [-0.3, -0.25) is 9.59 Å². The van der Waals surface area contributed by atoms with Crippen LogP contribution in [0.25, 0.3) is 21.2 Å². The van der Waals surface area contributed by atoms with Gasteiger partial charge in [0, 0.05) is 32.0 Å². The van der Waals surface area contributed by atoms with Crippen molar-refractivity contribution in [3.05, 3.63) is 69.5 Å². The number of hydrogen-bond donors (Lipinski definition) is 0. The van der Waals surface area contributed by atoms with Crippen LogP contribution < -0.4 is 10.2 Å². The number of rotatable bonds is 3. The van der Waals surface area contributed by atoms with Gasteiger partial charge in [0.15, 0.2) is 11.2 Å². The van der Waals surface area contributed by atoms with Crippen molar-refractivity contribution in [2.75, 3.05) is 13.1 Å². The molecule has 152 valence electrons. The van der Waals surface area contributed by atoms with Crippen molar-refractivity contribution in [1.29, 1.82) is 0 Å². The van der Waals surface area contributed by atoms with E-state index in [-0.39, 0.29) is 23.2 Å². The minimum atomic E-state index is -0.275. The Morgan fingerprint density at radius 3 is 2.77 bits per heavy atom. The Balaban J connectivity index is 1.27. The Labute approximate surface area is 180 Å². The number of para-hydroxylation sites is 2. The highest BCUT2D eigenvalue weighted by Gasteiger charge is 2.27. The van der Waals surface area contributed by atoms with Crippen molar-refractivity contribution >= 4 is 50.0 Å². The van der Waals surface area contributed by atoms with Crippen LogP contribution in [-0.2, 0) is 0 Å². The number of thiazole rings is 1. The minimum absolute atomic E-state index is 0.0306. The molecule has 0 atom stereocenters. The molecule has 5 rings (SSSR count). The maximum absolute atomic E-state index is 12.8. The Bertz CT molecular complexity index is 1310. The quantitative estimate of drug-likeness (QED) is 0.460. The van der Waals surface area contributed by atoms with Gasteiger partial charge < -0.3 is 14.1 Å². The third-order valence-electron chi connectivity index (χ3n) is 5.19. The molecule has 0 aliphatic carbocycles. The van der Waals surface area contributed by atoms with Crippen molar-refractivity contribution in [2.45, 2.75) is 18.9 Å². The number of nitrogens with zero attached hydrogens (tertiary/aromatic N) is 2. The van der Waals surface area contributed by atoms with E-state index in [1.54, 1.807) is 29.2 Å². The number of likely N-dealkylation sites (tertiary alicyclic amines) is 1. The summed E-state index contributed by atoms with van der Waals surface area (Å²) in [5, 5.41) is 1.66. The average Bonchev–Trinajstić information content (AvgIpc) is 3.18. The number of piperidine rings is 1. The van der Waals surface area contributed by atoms with E-state index in [0.717, 1.165) is 10.2 Å². The number of ether oxygens (including phenoxy) is 1. The molecule has 4 aromatic rings. The van der Waals surface area contributed by atoms with Gasteiger partial charge >= 0.3 is 0 Å². The lowest BCUT2D eigenvalue weighted by Gasteiger charge is -2.31. The maximum Gasteiger partial charge on any atom is 0.289 e. The summed E-state index contributed by atoms with van der Waals surface area (Å²) in [4.78, 5) is 31.3. The third-order valence-corrected chi connectivity index (χ3v) is 6.41. The molecule has 0 N–H and O–H groups in total. The number of amides is 1. The van der Waals surface area contributed by atoms with E-state index in [1.165, 1.54) is 17.4 Å². The van der Waals surface area contributed by atoms with Crippen molar-refractivity contribution in [3.8, 4) is 5.19 Å². The average molecular weight is 441 g/mol. The lowest BCUT2D eigenvalue weighted by atomic mass is 10.1. The molecule has 0 spiro atoms. The number of halogens is 1. The summed E-state index contributed by atoms with van der Waals surface area (Å²) in [5.74, 6) is -0.207. The maximum atomic E-state index is 12.8. The van der Waals surface area contributed by atoms with Gasteiger partial charge in [-0.2, -0.15) is 0 Å². The van der Waals surface area contributed by atoms with Gasteiger partial charge in [-0.05, 0) is 24.3 Å². The van der Waals surface area contributed by atoms with Crippen LogP contribution in [0, 0.1) is 0 Å². The van der Waals surface area contributed by atoms with Gasteiger partial charge in [-0.25, -0.2) is 4.98 Å². The molecule has 2 aromatic heterocycles. The largest absolute Gasteiger partial charge is 0.467 e. The molecule has 1 aliphatic heterocycles. The van der Waals surface area contributed by atoms with Crippen LogP contribution in [-0.4, -0.2) is 35.0 Å². The minimum Gasteiger partial charge on any atom is -0.467 e. The highest BCUT2D eigenvalue weighted by Crippen LogP contribution is 2.33. The Morgan fingerprint density at radius 1 is 1.17 bits per heavy atom. The van der Waals surface area contributed by atoms with E-state index in [0.29, 0.717) is 47.1 Å². The van der Waals surface area contributed by atoms with Crippen LogP contribution in [0.2, 0.25) is 5.02 Å². The summed E-state index contributed by atoms with van der Waals surface area (Å²) in [6, 6.07) is 13.9. The van der Waals surface area contributed by atoms with Gasteiger partial charge in [-0.15, -0.1) is 0 Å². The number of hydrogen-bond acceptors (Lipinski definition) is 6. The van der Waals surface area contributed by atoms with Crippen molar-refractivity contribution in [2.24, 2.45) is 0 Å². The molecular weight excluding hydrogens is 424 g/mol. The molecule has 0 unspecified atom stereocenters. The summed E-state index contributed by atoms with van der Waals surface area (Å²) < 4.78 is 12.7. The first-order chi connectivity index (χ1) is 14.6. The second-order valence-electron chi connectivity index (χ2n) is 7.15. The van der Waals surface area contributed by atoms with Crippen molar-refractivity contribution in [1.82, 2.24) is 9.88 Å². The highest BCUT2D eigenvalue weighted by molar-refractivity contribution is 7.20. The van der Waals surface area contributed by atoms with E-state index in [4.69, 9.17) is 20.8 Å². The van der Waals surface area contributed by atoms with Crippen LogP contribution in [0.5, 0.6) is 5.19 Å². The zero-order chi connectivity index (χ0) is 20.7. The molecule has 0 saturated carbocycles. The van der Waals surface area contributed by atoms with Gasteiger partial charge in [0.2, 0.25) is 0 Å². The lowest BCUT2D eigenvalue weighted by molar-refractivity contribution is 0.0567. The molecule has 0 bridgehead atoms. The van der Waals surface area contributed by atoms with Gasteiger partial charge in [0.05, 0.1) is 15.1 Å². The Kier molecular flexibility index (Phi) is 4.92. The third kappa shape index (κ3) is 3.55. The highest BCUT2D eigenvalue weighted by atomic mass is 35.5. The summed E-state index contributed by atoms with van der Waals surface area (Å²) in [7, 11) is 0. The first kappa shape index (κ1) is 19.1. The fourth-order valence-corrected chi connectivity index (χ4v) is 4.81. The predicted molar refractivity (Wildman–Crippen MR) is 117 cm³/mol. The van der Waals surface area contributed by atoms with E-state index < -0.39 is 0 Å². The number of aromatic nitrogens is 1. The van der Waals surface area contributed by atoms with Crippen LogP contribution >= 0.6 is 22.9 Å². The van der Waals surface area contributed by atoms with E-state index in [2.05, 4.69) is 4.98 Å². The second-order valence-corrected chi connectivity index (χ2v) is 8.55. The van der Waals surface area contributed by atoms with Crippen molar-refractivity contribution < 1.29 is 13.9 Å².